The van der Waals surface area contributed by atoms with Crippen molar-refractivity contribution < 1.29 is 12.8 Å². The van der Waals surface area contributed by atoms with E-state index in [0.717, 1.165) is 44.8 Å². The monoisotopic (exact) mass is 480 g/mol. The lowest BCUT2D eigenvalue weighted by atomic mass is 10.0. The summed E-state index contributed by atoms with van der Waals surface area (Å²) >= 11 is 0. The summed E-state index contributed by atoms with van der Waals surface area (Å²) in [5, 5.41) is 8.22. The molecular formula is C24H25FN6O2S. The molecule has 8 nitrogen and oxygen atoms in total. The summed E-state index contributed by atoms with van der Waals surface area (Å²) in [7, 11) is -3.49. The Kier molecular flexibility index (Phi) is 6.01. The van der Waals surface area contributed by atoms with E-state index in [9.17, 15) is 12.8 Å². The first-order valence-electron chi connectivity index (χ1n) is 11.1. The van der Waals surface area contributed by atoms with E-state index in [2.05, 4.69) is 49.5 Å². The molecule has 3 heterocycles. The topological polar surface area (TPSA) is 93.0 Å². The molecule has 0 aliphatic carbocycles. The van der Waals surface area contributed by atoms with Crippen molar-refractivity contribution in [2.24, 2.45) is 0 Å². The predicted molar refractivity (Wildman–Crippen MR) is 128 cm³/mol. The van der Waals surface area contributed by atoms with Gasteiger partial charge in [-0.05, 0) is 36.6 Å². The van der Waals surface area contributed by atoms with Crippen LogP contribution in [0.3, 0.4) is 0 Å². The number of rotatable bonds is 6. The van der Waals surface area contributed by atoms with Gasteiger partial charge in [-0.1, -0.05) is 30.3 Å². The number of sulfone groups is 1. The van der Waals surface area contributed by atoms with Gasteiger partial charge in [0.05, 0.1) is 28.2 Å². The van der Waals surface area contributed by atoms with Crippen molar-refractivity contribution in [1.82, 2.24) is 24.6 Å². The Bertz CT molecular complexity index is 1420. The number of nitrogens with zero attached hydrogens (tertiary/aromatic N) is 5. The first kappa shape index (κ1) is 22.4. The van der Waals surface area contributed by atoms with Gasteiger partial charge in [-0.2, -0.15) is 5.10 Å². The summed E-state index contributed by atoms with van der Waals surface area (Å²) in [6.07, 6.45) is 6.08. The van der Waals surface area contributed by atoms with Gasteiger partial charge in [0.25, 0.3) is 0 Å². The number of aromatic nitrogens is 4. The van der Waals surface area contributed by atoms with E-state index in [0.29, 0.717) is 16.9 Å². The molecule has 1 aliphatic rings. The molecule has 2 aromatic carbocycles. The van der Waals surface area contributed by atoms with Crippen LogP contribution in [-0.4, -0.2) is 52.4 Å². The van der Waals surface area contributed by atoms with E-state index in [1.165, 1.54) is 24.0 Å². The lowest BCUT2D eigenvalue weighted by Gasteiger charge is -2.32. The molecule has 176 valence electrons. The molecule has 0 radical (unpaired) electrons. The zero-order chi connectivity index (χ0) is 23.7. The standard InChI is InChI=1S/C24H25FN6O2S/c1-34(32,33)19-7-8-22(21(25)13-19)29-23-20-14-28-31(24(20)27-16-26-23)18-9-11-30(12-10-18)15-17-5-3-2-4-6-17/h2-8,13-14,16,18H,9-12,15H2,1H3,(H,26,27,29). The maximum atomic E-state index is 14.6. The largest absolute Gasteiger partial charge is 0.337 e. The van der Waals surface area contributed by atoms with E-state index in [-0.39, 0.29) is 16.6 Å². The quantitative estimate of drug-likeness (QED) is 0.447. The second-order valence-corrected chi connectivity index (χ2v) is 10.6. The summed E-state index contributed by atoms with van der Waals surface area (Å²) in [6.45, 7) is 2.87. The number of benzene rings is 2. The Labute approximate surface area is 197 Å². The zero-order valence-electron chi connectivity index (χ0n) is 18.7. The van der Waals surface area contributed by atoms with Gasteiger partial charge in [0.2, 0.25) is 0 Å². The average molecular weight is 481 g/mol. The normalized spacial score (nSPS) is 15.6. The number of likely N-dealkylation sites (tertiary alicyclic amines) is 1. The number of hydrogen-bond acceptors (Lipinski definition) is 7. The SMILES string of the molecule is CS(=O)(=O)c1ccc(Nc2ncnc3c2cnn3C2CCN(Cc3ccccc3)CC2)c(F)c1. The third-order valence-corrected chi connectivity index (χ3v) is 7.28. The smallest absolute Gasteiger partial charge is 0.175 e. The minimum Gasteiger partial charge on any atom is -0.337 e. The number of piperidine rings is 1. The Hall–Kier alpha value is -3.37. The molecule has 1 N–H and O–H groups in total. The van der Waals surface area contributed by atoms with Gasteiger partial charge in [0.15, 0.2) is 15.5 Å². The molecule has 1 fully saturated rings. The van der Waals surface area contributed by atoms with Crippen LogP contribution in [0.15, 0.2) is 66.0 Å². The second-order valence-electron chi connectivity index (χ2n) is 8.58. The predicted octanol–water partition coefficient (Wildman–Crippen LogP) is 3.95. The van der Waals surface area contributed by atoms with E-state index >= 15 is 0 Å². The van der Waals surface area contributed by atoms with Gasteiger partial charge in [-0.15, -0.1) is 0 Å². The molecule has 0 spiro atoms. The van der Waals surface area contributed by atoms with Crippen molar-refractivity contribution in [3.63, 3.8) is 0 Å². The average Bonchev–Trinajstić information content (AvgIpc) is 3.26. The molecule has 10 heteroatoms. The summed E-state index contributed by atoms with van der Waals surface area (Å²) < 4.78 is 39.8. The molecule has 1 aliphatic heterocycles. The maximum Gasteiger partial charge on any atom is 0.175 e. The third kappa shape index (κ3) is 4.64. The summed E-state index contributed by atoms with van der Waals surface area (Å²) in [5.41, 5.74) is 2.13. The third-order valence-electron chi connectivity index (χ3n) is 6.16. The number of nitrogens with one attached hydrogen (secondary N) is 1. The van der Waals surface area contributed by atoms with Crippen LogP contribution >= 0.6 is 0 Å². The van der Waals surface area contributed by atoms with Crippen molar-refractivity contribution in [1.29, 1.82) is 0 Å². The van der Waals surface area contributed by atoms with Crippen LogP contribution in [-0.2, 0) is 16.4 Å². The van der Waals surface area contributed by atoms with Crippen LogP contribution in [0.4, 0.5) is 15.9 Å². The Balaban J connectivity index is 1.32. The molecule has 1 saturated heterocycles. The summed E-state index contributed by atoms with van der Waals surface area (Å²) in [6, 6.07) is 14.4. The van der Waals surface area contributed by atoms with E-state index < -0.39 is 15.7 Å². The molecule has 0 amide bonds. The number of fused-ring (bicyclic) bond motifs is 1. The first-order valence-corrected chi connectivity index (χ1v) is 13.0. The van der Waals surface area contributed by atoms with Crippen LogP contribution in [0.2, 0.25) is 0 Å². The minimum atomic E-state index is -3.49. The van der Waals surface area contributed by atoms with Gasteiger partial charge < -0.3 is 5.32 Å². The van der Waals surface area contributed by atoms with Gasteiger partial charge in [-0.25, -0.2) is 27.5 Å². The summed E-state index contributed by atoms with van der Waals surface area (Å²) in [5.74, 6) is -0.253. The maximum absolute atomic E-state index is 14.6. The van der Waals surface area contributed by atoms with Crippen molar-refractivity contribution in [3.05, 3.63) is 72.4 Å². The van der Waals surface area contributed by atoms with Gasteiger partial charge >= 0.3 is 0 Å². The van der Waals surface area contributed by atoms with E-state index in [1.807, 2.05) is 10.7 Å². The lowest BCUT2D eigenvalue weighted by Crippen LogP contribution is -2.34. The van der Waals surface area contributed by atoms with Gasteiger partial charge in [0, 0.05) is 25.9 Å². The van der Waals surface area contributed by atoms with Gasteiger partial charge in [0.1, 0.15) is 18.0 Å². The molecule has 0 unspecified atom stereocenters. The Morgan fingerprint density at radius 3 is 2.56 bits per heavy atom. The van der Waals surface area contributed by atoms with Crippen molar-refractivity contribution in [3.8, 4) is 0 Å². The molecular weight excluding hydrogens is 455 g/mol. The fraction of sp³-hybridized carbons (Fsp3) is 0.292. The fourth-order valence-electron chi connectivity index (χ4n) is 4.35. The highest BCUT2D eigenvalue weighted by atomic mass is 32.2. The second kappa shape index (κ2) is 9.11. The van der Waals surface area contributed by atoms with Crippen molar-refractivity contribution >= 4 is 32.4 Å². The fourth-order valence-corrected chi connectivity index (χ4v) is 4.98. The van der Waals surface area contributed by atoms with Crippen LogP contribution in [0, 0.1) is 5.82 Å². The zero-order valence-corrected chi connectivity index (χ0v) is 19.5. The van der Waals surface area contributed by atoms with E-state index in [4.69, 9.17) is 0 Å². The van der Waals surface area contributed by atoms with Crippen molar-refractivity contribution in [2.75, 3.05) is 24.7 Å². The highest BCUT2D eigenvalue weighted by Gasteiger charge is 2.24. The molecule has 2 aromatic heterocycles. The Morgan fingerprint density at radius 1 is 1.09 bits per heavy atom. The van der Waals surface area contributed by atoms with Crippen LogP contribution in [0.25, 0.3) is 11.0 Å². The number of hydrogen-bond donors (Lipinski definition) is 1. The highest BCUT2D eigenvalue weighted by molar-refractivity contribution is 7.90. The molecule has 5 rings (SSSR count). The first-order chi connectivity index (χ1) is 16.4. The number of halogens is 1. The van der Waals surface area contributed by atoms with Gasteiger partial charge in [-0.3, -0.25) is 4.90 Å². The molecule has 4 aromatic rings. The molecule has 0 saturated carbocycles. The minimum absolute atomic E-state index is 0.0742. The highest BCUT2D eigenvalue weighted by Crippen LogP contribution is 2.30. The molecule has 0 atom stereocenters. The van der Waals surface area contributed by atoms with E-state index in [1.54, 1.807) is 6.20 Å². The van der Waals surface area contributed by atoms with Crippen LogP contribution in [0.5, 0.6) is 0 Å². The Morgan fingerprint density at radius 2 is 1.85 bits per heavy atom. The number of anilines is 2. The van der Waals surface area contributed by atoms with Crippen molar-refractivity contribution in [2.45, 2.75) is 30.3 Å². The molecule has 34 heavy (non-hydrogen) atoms. The molecule has 0 bridgehead atoms. The lowest BCUT2D eigenvalue weighted by molar-refractivity contribution is 0.175. The van der Waals surface area contributed by atoms with Crippen LogP contribution in [0.1, 0.15) is 24.4 Å². The summed E-state index contributed by atoms with van der Waals surface area (Å²) in [4.78, 5) is 11.1. The van der Waals surface area contributed by atoms with Crippen LogP contribution < -0.4 is 5.32 Å².